The van der Waals surface area contributed by atoms with Crippen molar-refractivity contribution in [1.82, 2.24) is 9.55 Å². The van der Waals surface area contributed by atoms with Crippen molar-refractivity contribution in [3.8, 4) is 5.75 Å². The topological polar surface area (TPSA) is 159 Å². The van der Waals surface area contributed by atoms with Crippen LogP contribution in [0, 0.1) is 15.3 Å². The maximum absolute atomic E-state index is 8.25. The van der Waals surface area contributed by atoms with Gasteiger partial charge in [-0.3, -0.25) is 11.5 Å². The van der Waals surface area contributed by atoms with Gasteiger partial charge in [-0.15, -0.1) is 0 Å². The summed E-state index contributed by atoms with van der Waals surface area (Å²) >= 11 is 0. The first-order chi connectivity index (χ1) is 10.5. The van der Waals surface area contributed by atoms with Crippen LogP contribution >= 0.6 is 0 Å². The van der Waals surface area contributed by atoms with Crippen LogP contribution < -0.4 is 21.2 Å². The van der Waals surface area contributed by atoms with Gasteiger partial charge in [-0.2, -0.15) is 0 Å². The summed E-state index contributed by atoms with van der Waals surface area (Å²) in [6, 6.07) is 7.43. The van der Waals surface area contributed by atoms with Crippen LogP contribution in [0.3, 0.4) is 0 Å². The number of nitrogens with one attached hydrogen (secondary N) is 1. The van der Waals surface area contributed by atoms with Gasteiger partial charge in [0.2, 0.25) is 0 Å². The molecule has 10 heteroatoms. The Labute approximate surface area is 125 Å². The number of hydrogen-bond acceptors (Lipinski definition) is 5. The van der Waals surface area contributed by atoms with Crippen LogP contribution in [0.1, 0.15) is 0 Å². The predicted octanol–water partition coefficient (Wildman–Crippen LogP) is -1.29. The van der Waals surface area contributed by atoms with E-state index in [4.69, 9.17) is 31.5 Å². The van der Waals surface area contributed by atoms with E-state index in [1.807, 2.05) is 35.0 Å². The molecule has 0 radical (unpaired) electrons. The van der Waals surface area contributed by atoms with E-state index >= 15 is 0 Å². The Morgan fingerprint density at radius 2 is 1.95 bits per heavy atom. The molecule has 22 heavy (non-hydrogen) atoms. The molecule has 0 aliphatic carbocycles. The van der Waals surface area contributed by atoms with Crippen molar-refractivity contribution < 1.29 is 14.8 Å². The van der Waals surface area contributed by atoms with E-state index in [0.717, 1.165) is 18.0 Å². The molecule has 2 aromatic rings. The minimum atomic E-state index is -1.75. The number of imidazole rings is 1. The zero-order valence-electron chi connectivity index (χ0n) is 11.6. The second kappa shape index (κ2) is 8.79. The molecule has 0 saturated heterocycles. The number of nitrogens with zero attached hydrogens (tertiary/aromatic N) is 3. The monoisotopic (exact) mass is 308 g/mol. The summed E-state index contributed by atoms with van der Waals surface area (Å²) in [6.45, 7) is 1.36. The van der Waals surface area contributed by atoms with Gasteiger partial charge < -0.3 is 24.6 Å². The van der Waals surface area contributed by atoms with Gasteiger partial charge in [0, 0.05) is 12.4 Å². The Kier molecular flexibility index (Phi) is 6.69. The van der Waals surface area contributed by atoms with Gasteiger partial charge in [0.05, 0.1) is 23.6 Å². The van der Waals surface area contributed by atoms with Gasteiger partial charge in [0.15, 0.2) is 0 Å². The van der Waals surface area contributed by atoms with E-state index in [2.05, 4.69) is 9.98 Å². The summed E-state index contributed by atoms with van der Waals surface area (Å²) in [7, 11) is 0. The Morgan fingerprint density at radius 3 is 2.45 bits per heavy atom. The van der Waals surface area contributed by atoms with Crippen LogP contribution in [0.25, 0.3) is 0 Å². The van der Waals surface area contributed by atoms with Crippen molar-refractivity contribution in [3.05, 3.63) is 58.3 Å². The highest BCUT2D eigenvalue weighted by atomic mass is 16.9. The lowest BCUT2D eigenvalue weighted by Crippen LogP contribution is -2.72. The lowest BCUT2D eigenvalue weighted by atomic mass is 10.3. The quantitative estimate of drug-likeness (QED) is 0.268. The average Bonchev–Trinajstić information content (AvgIpc) is 2.93. The molecule has 0 aliphatic rings. The lowest BCUT2D eigenvalue weighted by molar-refractivity contribution is -0.402. The molecule has 5 N–H and O–H groups in total. The molecule has 0 amide bonds. The SMILES string of the molecule is NC(N)=[NH+]c1ccc(OCCn2ccnc2)cc1.O=[N+]([O-])[O-]. The molecule has 0 unspecified atom stereocenters. The average molecular weight is 308 g/mol. The first-order valence-corrected chi connectivity index (χ1v) is 6.12. The third-order valence-electron chi connectivity index (χ3n) is 2.32. The third-order valence-corrected chi connectivity index (χ3v) is 2.32. The summed E-state index contributed by atoms with van der Waals surface area (Å²) in [4.78, 5) is 15.0. The molecule has 0 spiro atoms. The fraction of sp³-hybridized carbons (Fsp3) is 0.167. The van der Waals surface area contributed by atoms with Crippen LogP contribution in [0.2, 0.25) is 0 Å². The van der Waals surface area contributed by atoms with Gasteiger partial charge in [0.25, 0.3) is 0 Å². The molecule has 1 heterocycles. The van der Waals surface area contributed by atoms with Gasteiger partial charge in [-0.1, -0.05) is 0 Å². The highest BCUT2D eigenvalue weighted by Crippen LogP contribution is 2.12. The van der Waals surface area contributed by atoms with E-state index in [1.165, 1.54) is 0 Å². The largest absolute Gasteiger partial charge is 0.492 e. The first-order valence-electron chi connectivity index (χ1n) is 6.12. The second-order valence-electron chi connectivity index (χ2n) is 3.98. The van der Waals surface area contributed by atoms with E-state index in [0.29, 0.717) is 6.61 Å². The van der Waals surface area contributed by atoms with Crippen LogP contribution in [-0.2, 0) is 6.54 Å². The summed E-state index contributed by atoms with van der Waals surface area (Å²) < 4.78 is 7.55. The minimum Gasteiger partial charge on any atom is -0.492 e. The Morgan fingerprint density at radius 1 is 1.32 bits per heavy atom. The van der Waals surface area contributed by atoms with E-state index in [1.54, 1.807) is 12.5 Å². The molecular weight excluding hydrogens is 292 g/mol. The van der Waals surface area contributed by atoms with Crippen LogP contribution in [-0.4, -0.2) is 27.2 Å². The summed E-state index contributed by atoms with van der Waals surface area (Å²) in [5.74, 6) is 0.972. The predicted molar refractivity (Wildman–Crippen MR) is 78.5 cm³/mol. The van der Waals surface area contributed by atoms with E-state index in [9.17, 15) is 0 Å². The van der Waals surface area contributed by atoms with Crippen LogP contribution in [0.5, 0.6) is 5.75 Å². The zero-order valence-corrected chi connectivity index (χ0v) is 11.6. The molecule has 118 valence electrons. The van der Waals surface area contributed by atoms with Crippen LogP contribution in [0.15, 0.2) is 43.0 Å². The smallest absolute Gasteiger partial charge is 0.343 e. The summed E-state index contributed by atoms with van der Waals surface area (Å²) in [5, 5.41) is 14.8. The van der Waals surface area contributed by atoms with Crippen molar-refractivity contribution in [2.24, 2.45) is 11.5 Å². The second-order valence-corrected chi connectivity index (χ2v) is 3.98. The number of hydrogen-bond donors (Lipinski definition) is 3. The van der Waals surface area contributed by atoms with E-state index < -0.39 is 5.09 Å². The number of ether oxygens (including phenoxy) is 1. The molecule has 0 aliphatic heterocycles. The number of guanidine groups is 1. The van der Waals surface area contributed by atoms with Crippen molar-refractivity contribution in [1.29, 1.82) is 0 Å². The van der Waals surface area contributed by atoms with Crippen molar-refractivity contribution in [2.45, 2.75) is 6.54 Å². The van der Waals surface area contributed by atoms with Crippen molar-refractivity contribution in [3.63, 3.8) is 0 Å². The van der Waals surface area contributed by atoms with Gasteiger partial charge >= 0.3 is 5.96 Å². The molecule has 0 atom stereocenters. The fourth-order valence-electron chi connectivity index (χ4n) is 1.49. The molecule has 0 bridgehead atoms. The van der Waals surface area contributed by atoms with Gasteiger partial charge in [-0.25, -0.2) is 9.98 Å². The summed E-state index contributed by atoms with van der Waals surface area (Å²) in [5.41, 5.74) is 11.5. The normalized spacial score (nSPS) is 9.27. The van der Waals surface area contributed by atoms with E-state index in [-0.39, 0.29) is 5.96 Å². The van der Waals surface area contributed by atoms with Crippen LogP contribution in [0.4, 0.5) is 5.69 Å². The number of aromatic nitrogens is 2. The maximum Gasteiger partial charge on any atom is 0.343 e. The molecule has 0 saturated carbocycles. The fourth-order valence-corrected chi connectivity index (χ4v) is 1.49. The Bertz CT molecular complexity index is 589. The minimum absolute atomic E-state index is 0.170. The first kappa shape index (κ1) is 16.8. The highest BCUT2D eigenvalue weighted by Gasteiger charge is 1.97. The summed E-state index contributed by atoms with van der Waals surface area (Å²) in [6.07, 6.45) is 5.40. The number of benzene rings is 1. The Hall–Kier alpha value is -3.30. The molecule has 0 fully saturated rings. The molecule has 1 aromatic heterocycles. The maximum atomic E-state index is 8.25. The van der Waals surface area contributed by atoms with Gasteiger partial charge in [0.1, 0.15) is 12.4 Å². The van der Waals surface area contributed by atoms with Crippen molar-refractivity contribution >= 4 is 11.6 Å². The number of nitrogens with two attached hydrogens (primary N) is 2. The molecule has 10 nitrogen and oxygen atoms in total. The van der Waals surface area contributed by atoms with Crippen molar-refractivity contribution in [2.75, 3.05) is 6.61 Å². The molecule has 1 aromatic carbocycles. The molecular formula is C12H16N6O4. The third kappa shape index (κ3) is 7.33. The standard InChI is InChI=1S/C12H15N5O.NO3/c13-12(14)16-10-1-3-11(4-2-10)18-8-7-17-6-5-15-9-17;2-1(3)4/h1-6,9H,7-8H2,(H4,13,14,16);/q;-1/p+1. The number of rotatable bonds is 5. The molecule has 2 rings (SSSR count). The lowest BCUT2D eigenvalue weighted by Gasteiger charge is -2.06. The van der Waals surface area contributed by atoms with Gasteiger partial charge in [-0.05, 0) is 24.3 Å². The highest BCUT2D eigenvalue weighted by molar-refractivity contribution is 5.70. The Balaban J connectivity index is 0.000000541. The zero-order chi connectivity index (χ0) is 16.4.